The predicted octanol–water partition coefficient (Wildman–Crippen LogP) is 3.59. The topological polar surface area (TPSA) is 107 Å². The predicted molar refractivity (Wildman–Crippen MR) is 123 cm³/mol. The maximum atomic E-state index is 12.9. The number of nitrogen functional groups attached to an aromatic ring is 1. The monoisotopic (exact) mass is 416 g/mol. The van der Waals surface area contributed by atoms with E-state index in [9.17, 15) is 4.79 Å². The Morgan fingerprint density at radius 3 is 2.71 bits per heavy atom. The van der Waals surface area contributed by atoms with Crippen LogP contribution in [-0.2, 0) is 0 Å². The van der Waals surface area contributed by atoms with Crippen molar-refractivity contribution in [2.75, 3.05) is 19.4 Å². The van der Waals surface area contributed by atoms with Crippen LogP contribution in [0.25, 0.3) is 22.2 Å². The maximum Gasteiger partial charge on any atom is 0.257 e. The van der Waals surface area contributed by atoms with Crippen molar-refractivity contribution in [3.05, 3.63) is 59.7 Å². The van der Waals surface area contributed by atoms with Crippen molar-refractivity contribution in [1.82, 2.24) is 20.0 Å². The number of amides is 1. The van der Waals surface area contributed by atoms with Crippen molar-refractivity contribution >= 4 is 40.1 Å². The number of hydrogen-bond donors (Lipinski definition) is 2. The summed E-state index contributed by atoms with van der Waals surface area (Å²) >= 11 is 0. The highest BCUT2D eigenvalue weighted by molar-refractivity contribution is 6.10. The van der Waals surface area contributed by atoms with E-state index in [-0.39, 0.29) is 17.3 Å². The normalized spacial score (nSPS) is 11.4. The smallest absolute Gasteiger partial charge is 0.257 e. The van der Waals surface area contributed by atoms with Crippen LogP contribution in [0.2, 0.25) is 0 Å². The molecule has 2 aromatic carbocycles. The third kappa shape index (κ3) is 4.05. The zero-order valence-corrected chi connectivity index (χ0v) is 17.5. The number of nitrogens with two attached hydrogens (primary N) is 1. The molecule has 2 aromatic heterocycles. The minimum atomic E-state index is -0.282. The molecule has 0 saturated carbocycles. The Hall–Kier alpha value is -3.94. The summed E-state index contributed by atoms with van der Waals surface area (Å²) in [6.07, 6.45) is 3.51. The standard InChI is InChI=1S/C23H24N6O2/c1-3-4-12-25-23(30)19-20-22(28-18-11-6-5-10-17(18)27-20)29(21(19)24)26-14-15-8-7-9-16(13-15)31-2/h5-11,13-14H,3-4,12,24H2,1-2H3,(H,25,30). The van der Waals surface area contributed by atoms with Gasteiger partial charge in [0.2, 0.25) is 0 Å². The average Bonchev–Trinajstić information content (AvgIpc) is 3.06. The number of nitrogens with zero attached hydrogens (tertiary/aromatic N) is 4. The fourth-order valence-corrected chi connectivity index (χ4v) is 3.30. The van der Waals surface area contributed by atoms with Gasteiger partial charge in [-0.3, -0.25) is 4.79 Å². The summed E-state index contributed by atoms with van der Waals surface area (Å²) in [6, 6.07) is 15.0. The molecule has 0 radical (unpaired) electrons. The second kappa shape index (κ2) is 8.83. The molecule has 0 fully saturated rings. The summed E-state index contributed by atoms with van der Waals surface area (Å²) in [6.45, 7) is 2.63. The van der Waals surface area contributed by atoms with Gasteiger partial charge in [0.05, 0.1) is 24.4 Å². The van der Waals surface area contributed by atoms with Gasteiger partial charge in [-0.15, -0.1) is 0 Å². The summed E-state index contributed by atoms with van der Waals surface area (Å²) in [4.78, 5) is 22.3. The molecule has 158 valence electrons. The van der Waals surface area contributed by atoms with Crippen molar-refractivity contribution in [3.63, 3.8) is 0 Å². The number of ether oxygens (including phenoxy) is 1. The van der Waals surface area contributed by atoms with Crippen molar-refractivity contribution in [3.8, 4) is 5.75 Å². The van der Waals surface area contributed by atoms with E-state index in [1.54, 1.807) is 13.3 Å². The van der Waals surface area contributed by atoms with Gasteiger partial charge in [0.1, 0.15) is 22.6 Å². The quantitative estimate of drug-likeness (QED) is 0.354. The van der Waals surface area contributed by atoms with Crippen LogP contribution in [0, 0.1) is 0 Å². The van der Waals surface area contributed by atoms with Crippen molar-refractivity contribution in [2.45, 2.75) is 19.8 Å². The Labute approximate surface area is 179 Å². The second-order valence-corrected chi connectivity index (χ2v) is 7.09. The van der Waals surface area contributed by atoms with E-state index in [1.807, 2.05) is 48.5 Å². The molecule has 2 heterocycles. The summed E-state index contributed by atoms with van der Waals surface area (Å²) in [7, 11) is 1.61. The number of methoxy groups -OCH3 is 1. The lowest BCUT2D eigenvalue weighted by atomic mass is 10.2. The maximum absolute atomic E-state index is 12.9. The molecule has 0 aliphatic heterocycles. The highest BCUT2D eigenvalue weighted by Crippen LogP contribution is 2.28. The first-order valence-corrected chi connectivity index (χ1v) is 10.2. The van der Waals surface area contributed by atoms with Gasteiger partial charge in [-0.25, -0.2) is 9.97 Å². The number of rotatable bonds is 7. The van der Waals surface area contributed by atoms with Gasteiger partial charge in [-0.2, -0.15) is 9.78 Å². The summed E-state index contributed by atoms with van der Waals surface area (Å²) in [5.41, 5.74) is 9.73. The average molecular weight is 416 g/mol. The van der Waals surface area contributed by atoms with Crippen LogP contribution in [0.4, 0.5) is 5.82 Å². The van der Waals surface area contributed by atoms with Gasteiger partial charge >= 0.3 is 0 Å². The van der Waals surface area contributed by atoms with E-state index in [0.29, 0.717) is 28.7 Å². The molecule has 0 atom stereocenters. The fourth-order valence-electron chi connectivity index (χ4n) is 3.30. The number of unbranched alkanes of at least 4 members (excludes halogenated alkanes) is 1. The molecule has 0 saturated heterocycles. The van der Waals surface area contributed by atoms with E-state index in [2.05, 4.69) is 27.3 Å². The minimum absolute atomic E-state index is 0.193. The van der Waals surface area contributed by atoms with E-state index in [4.69, 9.17) is 10.5 Å². The first-order valence-electron chi connectivity index (χ1n) is 10.2. The lowest BCUT2D eigenvalue weighted by Gasteiger charge is -2.04. The summed E-state index contributed by atoms with van der Waals surface area (Å²) in [5.74, 6) is 0.630. The van der Waals surface area contributed by atoms with Gasteiger partial charge in [0.15, 0.2) is 5.65 Å². The number of benzene rings is 2. The zero-order valence-electron chi connectivity index (χ0n) is 17.5. The van der Waals surface area contributed by atoms with Crippen LogP contribution in [0.15, 0.2) is 53.6 Å². The Morgan fingerprint density at radius 2 is 1.97 bits per heavy atom. The number of aromatic nitrogens is 3. The summed E-state index contributed by atoms with van der Waals surface area (Å²) in [5, 5.41) is 7.43. The molecule has 4 aromatic rings. The lowest BCUT2D eigenvalue weighted by Crippen LogP contribution is -2.25. The lowest BCUT2D eigenvalue weighted by molar-refractivity contribution is 0.0955. The summed E-state index contributed by atoms with van der Waals surface area (Å²) < 4.78 is 6.72. The van der Waals surface area contributed by atoms with E-state index in [1.165, 1.54) is 4.68 Å². The van der Waals surface area contributed by atoms with Crippen LogP contribution >= 0.6 is 0 Å². The first kappa shape index (κ1) is 20.3. The van der Waals surface area contributed by atoms with Crippen LogP contribution in [0.1, 0.15) is 35.7 Å². The largest absolute Gasteiger partial charge is 0.497 e. The fraction of sp³-hybridized carbons (Fsp3) is 0.217. The second-order valence-electron chi connectivity index (χ2n) is 7.09. The van der Waals surface area contributed by atoms with Gasteiger partial charge in [0.25, 0.3) is 5.91 Å². The number of hydrogen-bond acceptors (Lipinski definition) is 6. The van der Waals surface area contributed by atoms with Gasteiger partial charge < -0.3 is 15.8 Å². The Balaban J connectivity index is 1.85. The number of anilines is 1. The molecule has 8 heteroatoms. The third-order valence-corrected chi connectivity index (χ3v) is 4.93. The van der Waals surface area contributed by atoms with Gasteiger partial charge in [0, 0.05) is 6.54 Å². The van der Waals surface area contributed by atoms with Crippen LogP contribution in [-0.4, -0.2) is 40.4 Å². The number of fused-ring (bicyclic) bond motifs is 2. The SMILES string of the molecule is CCCCNC(=O)c1c(N)n(N=Cc2cccc(OC)c2)c2nc3ccccc3nc12. The number of nitrogens with one attached hydrogen (secondary N) is 1. The molecule has 0 aliphatic carbocycles. The molecule has 0 unspecified atom stereocenters. The Morgan fingerprint density at radius 1 is 1.19 bits per heavy atom. The van der Waals surface area contributed by atoms with E-state index in [0.717, 1.165) is 24.2 Å². The molecule has 0 bridgehead atoms. The van der Waals surface area contributed by atoms with Gasteiger partial charge in [-0.05, 0) is 36.2 Å². The minimum Gasteiger partial charge on any atom is -0.497 e. The molecule has 31 heavy (non-hydrogen) atoms. The number of carbonyl (C=O) groups is 1. The van der Waals surface area contributed by atoms with Crippen molar-refractivity contribution < 1.29 is 9.53 Å². The highest BCUT2D eigenvalue weighted by atomic mass is 16.5. The molecule has 4 rings (SSSR count). The zero-order chi connectivity index (χ0) is 21.8. The number of carbonyl (C=O) groups excluding carboxylic acids is 1. The van der Waals surface area contributed by atoms with E-state index >= 15 is 0 Å². The highest BCUT2D eigenvalue weighted by Gasteiger charge is 2.23. The first-order chi connectivity index (χ1) is 15.1. The molecule has 8 nitrogen and oxygen atoms in total. The number of para-hydroxylation sites is 2. The molecule has 0 spiro atoms. The van der Waals surface area contributed by atoms with Crippen LogP contribution in [0.5, 0.6) is 5.75 Å². The molecular formula is C23H24N6O2. The Bertz CT molecular complexity index is 1280. The molecule has 1 amide bonds. The third-order valence-electron chi connectivity index (χ3n) is 4.93. The molecular weight excluding hydrogens is 392 g/mol. The van der Waals surface area contributed by atoms with Gasteiger partial charge in [-0.1, -0.05) is 37.6 Å². The molecule has 0 aliphatic rings. The Kier molecular flexibility index (Phi) is 5.79. The van der Waals surface area contributed by atoms with Crippen molar-refractivity contribution in [2.24, 2.45) is 5.10 Å². The van der Waals surface area contributed by atoms with Crippen molar-refractivity contribution in [1.29, 1.82) is 0 Å². The molecule has 3 N–H and O–H groups in total. The van der Waals surface area contributed by atoms with Crippen LogP contribution in [0.3, 0.4) is 0 Å². The van der Waals surface area contributed by atoms with E-state index < -0.39 is 0 Å². The van der Waals surface area contributed by atoms with Crippen LogP contribution < -0.4 is 15.8 Å².